The lowest BCUT2D eigenvalue weighted by Gasteiger charge is -2.38. The van der Waals surface area contributed by atoms with Crippen molar-refractivity contribution in [1.29, 1.82) is 5.26 Å². The fraction of sp³-hybridized carbons (Fsp3) is 0.184. The summed E-state index contributed by atoms with van der Waals surface area (Å²) in [4.78, 5) is 12.6. The van der Waals surface area contributed by atoms with E-state index in [1.54, 1.807) is 6.20 Å². The number of nitrogens with zero attached hydrogens (tertiary/aromatic N) is 4. The van der Waals surface area contributed by atoms with Gasteiger partial charge >= 0.3 is 0 Å². The molecule has 6 heteroatoms. The van der Waals surface area contributed by atoms with Gasteiger partial charge in [0.2, 0.25) is 0 Å². The number of aromatic nitrogens is 2. The van der Waals surface area contributed by atoms with Crippen molar-refractivity contribution in [2.24, 2.45) is 5.92 Å². The first-order valence-electron chi connectivity index (χ1n) is 15.2. The molecule has 1 unspecified atom stereocenters. The number of anilines is 2. The molecule has 2 aromatic heterocycles. The van der Waals surface area contributed by atoms with Gasteiger partial charge in [-0.25, -0.2) is 0 Å². The van der Waals surface area contributed by atoms with E-state index in [-0.39, 0.29) is 0 Å². The van der Waals surface area contributed by atoms with Crippen LogP contribution in [0, 0.1) is 17.2 Å². The van der Waals surface area contributed by atoms with Gasteiger partial charge in [0.15, 0.2) is 5.82 Å². The minimum absolute atomic E-state index is 0.504. The van der Waals surface area contributed by atoms with Crippen LogP contribution in [-0.4, -0.2) is 41.0 Å². The highest BCUT2D eigenvalue weighted by Gasteiger charge is 2.24. The first-order valence-corrected chi connectivity index (χ1v) is 15.2. The van der Waals surface area contributed by atoms with Crippen LogP contribution in [0.1, 0.15) is 30.0 Å². The summed E-state index contributed by atoms with van der Waals surface area (Å²) < 4.78 is 0. The summed E-state index contributed by atoms with van der Waals surface area (Å²) in [5.41, 5.74) is 12.4. The molecule has 0 radical (unpaired) electrons. The van der Waals surface area contributed by atoms with Crippen LogP contribution in [0.3, 0.4) is 0 Å². The summed E-state index contributed by atoms with van der Waals surface area (Å²) in [6.45, 7) is 9.30. The number of piperazine rings is 1. The van der Waals surface area contributed by atoms with Gasteiger partial charge in [0.05, 0.1) is 16.8 Å². The minimum atomic E-state index is 0.504. The highest BCUT2D eigenvalue weighted by atomic mass is 15.3. The van der Waals surface area contributed by atoms with E-state index in [9.17, 15) is 5.26 Å². The predicted octanol–water partition coefficient (Wildman–Crippen LogP) is 8.18. The average Bonchev–Trinajstić information content (AvgIpc) is 3.55. The van der Waals surface area contributed by atoms with Crippen LogP contribution in [0.25, 0.3) is 45.1 Å². The molecule has 0 saturated carbocycles. The number of allylic oxidation sites excluding steroid dienone is 2. The van der Waals surface area contributed by atoms with E-state index in [0.717, 1.165) is 77.3 Å². The average molecular weight is 575 g/mol. The van der Waals surface area contributed by atoms with E-state index >= 15 is 0 Å². The molecule has 5 aromatic rings. The van der Waals surface area contributed by atoms with Gasteiger partial charge in [-0.1, -0.05) is 67.8 Å². The van der Waals surface area contributed by atoms with Crippen molar-refractivity contribution in [1.82, 2.24) is 14.9 Å². The Hall–Kier alpha value is -5.50. The van der Waals surface area contributed by atoms with Crippen LogP contribution in [-0.2, 0) is 0 Å². The maximum Gasteiger partial charge on any atom is 0.150 e. The van der Waals surface area contributed by atoms with Crippen molar-refractivity contribution in [3.63, 3.8) is 0 Å². The molecule has 0 amide bonds. The second-order valence-electron chi connectivity index (χ2n) is 11.6. The van der Waals surface area contributed by atoms with Crippen molar-refractivity contribution in [2.45, 2.75) is 13.3 Å². The van der Waals surface area contributed by atoms with Gasteiger partial charge in [0.25, 0.3) is 0 Å². The van der Waals surface area contributed by atoms with Gasteiger partial charge in [-0.2, -0.15) is 5.26 Å². The molecule has 1 fully saturated rings. The molecule has 2 aliphatic rings. The summed E-state index contributed by atoms with van der Waals surface area (Å²) in [6.07, 6.45) is 13.6. The SMILES string of the molecule is C=C=C(Nc1ccc(-c2cccc3[nH]ccc23)cc1)N1CCN(c2c(C#N)cnc3cc4c(cc23)C=CCC(C)C=C4)CC1. The Balaban J connectivity index is 1.09. The molecule has 1 aliphatic carbocycles. The van der Waals surface area contributed by atoms with Gasteiger partial charge in [0, 0.05) is 60.5 Å². The molecule has 44 heavy (non-hydrogen) atoms. The highest BCUT2D eigenvalue weighted by molar-refractivity contribution is 5.98. The Labute approximate surface area is 258 Å². The largest absolute Gasteiger partial charge is 0.366 e. The lowest BCUT2D eigenvalue weighted by atomic mass is 9.95. The summed E-state index contributed by atoms with van der Waals surface area (Å²) >= 11 is 0. The lowest BCUT2D eigenvalue weighted by molar-refractivity contribution is 0.325. The van der Waals surface area contributed by atoms with Crippen LogP contribution < -0.4 is 10.2 Å². The molecular formula is C38H34N6. The molecule has 6 nitrogen and oxygen atoms in total. The third-order valence-electron chi connectivity index (χ3n) is 8.71. The molecule has 2 N–H and O–H groups in total. The first-order chi connectivity index (χ1) is 21.6. The minimum Gasteiger partial charge on any atom is -0.366 e. The molecule has 1 saturated heterocycles. The molecule has 1 aliphatic heterocycles. The van der Waals surface area contributed by atoms with Crippen LogP contribution in [0.5, 0.6) is 0 Å². The van der Waals surface area contributed by atoms with Crippen LogP contribution >= 0.6 is 0 Å². The van der Waals surface area contributed by atoms with Crippen LogP contribution in [0.4, 0.5) is 11.4 Å². The van der Waals surface area contributed by atoms with Gasteiger partial charge in [0.1, 0.15) is 6.07 Å². The topological polar surface area (TPSA) is 71.0 Å². The number of rotatable bonds is 5. The number of H-pyrrole nitrogens is 1. The Morgan fingerprint density at radius 2 is 1.82 bits per heavy atom. The predicted molar refractivity (Wildman–Crippen MR) is 182 cm³/mol. The molecular weight excluding hydrogens is 540 g/mol. The Morgan fingerprint density at radius 3 is 2.61 bits per heavy atom. The van der Waals surface area contributed by atoms with E-state index in [1.165, 1.54) is 16.5 Å². The number of hydrogen-bond acceptors (Lipinski definition) is 5. The van der Waals surface area contributed by atoms with Gasteiger partial charge in [-0.3, -0.25) is 4.98 Å². The van der Waals surface area contributed by atoms with Crippen LogP contribution in [0.15, 0.2) is 103 Å². The molecule has 216 valence electrons. The number of benzene rings is 3. The normalized spacial score (nSPS) is 16.2. The van der Waals surface area contributed by atoms with Crippen LogP contribution in [0.2, 0.25) is 0 Å². The van der Waals surface area contributed by atoms with Gasteiger partial charge in [-0.15, -0.1) is 0 Å². The van der Waals surface area contributed by atoms with Crippen molar-refractivity contribution >= 4 is 45.3 Å². The van der Waals surface area contributed by atoms with Crippen molar-refractivity contribution in [3.05, 3.63) is 120 Å². The maximum atomic E-state index is 10.0. The monoisotopic (exact) mass is 574 g/mol. The molecule has 3 heterocycles. The number of nitriles is 1. The van der Waals surface area contributed by atoms with Crippen molar-refractivity contribution in [2.75, 3.05) is 36.4 Å². The molecule has 7 rings (SSSR count). The zero-order valence-corrected chi connectivity index (χ0v) is 24.8. The molecule has 0 bridgehead atoms. The molecule has 1 atom stereocenters. The summed E-state index contributed by atoms with van der Waals surface area (Å²) in [7, 11) is 0. The fourth-order valence-corrected chi connectivity index (χ4v) is 6.32. The summed E-state index contributed by atoms with van der Waals surface area (Å²) in [6, 6.07) is 23.7. The summed E-state index contributed by atoms with van der Waals surface area (Å²) in [5, 5.41) is 15.8. The zero-order chi connectivity index (χ0) is 30.0. The van der Waals surface area contributed by atoms with E-state index in [4.69, 9.17) is 0 Å². The zero-order valence-electron chi connectivity index (χ0n) is 24.8. The standard InChI is InChI=1S/C38H34N6/c1-3-37(42-31-14-12-27(13-15-31)32-8-5-9-35-33(32)16-17-40-35)43-18-20-44(21-19-43)38-30(24-39)25-41-36-23-29-11-10-26(2)6-4-7-28(29)22-34(36)38/h4-5,7-17,22-23,25-26,40,42H,1,6,18-21H2,2H3. The van der Waals surface area contributed by atoms with Crippen molar-refractivity contribution in [3.8, 4) is 17.2 Å². The third kappa shape index (κ3) is 5.15. The fourth-order valence-electron chi connectivity index (χ4n) is 6.32. The lowest BCUT2D eigenvalue weighted by Crippen LogP contribution is -2.47. The Bertz CT molecular complexity index is 2010. The third-order valence-corrected chi connectivity index (χ3v) is 8.71. The van der Waals surface area contributed by atoms with E-state index in [1.807, 2.05) is 6.20 Å². The van der Waals surface area contributed by atoms with E-state index in [0.29, 0.717) is 11.5 Å². The molecule has 3 aromatic carbocycles. The van der Waals surface area contributed by atoms with Gasteiger partial charge in [-0.05, 0) is 71.0 Å². The van der Waals surface area contributed by atoms with E-state index in [2.05, 4.69) is 135 Å². The van der Waals surface area contributed by atoms with E-state index < -0.39 is 0 Å². The second kappa shape index (κ2) is 11.6. The number of fused-ring (bicyclic) bond motifs is 3. The quantitative estimate of drug-likeness (QED) is 0.207. The summed E-state index contributed by atoms with van der Waals surface area (Å²) in [5.74, 6) is 1.36. The Morgan fingerprint density at radius 1 is 1.00 bits per heavy atom. The molecule has 0 spiro atoms. The number of aromatic amines is 1. The first kappa shape index (κ1) is 27.3. The second-order valence-corrected chi connectivity index (χ2v) is 11.6. The highest BCUT2D eigenvalue weighted by Crippen LogP contribution is 2.34. The maximum absolute atomic E-state index is 10.0. The van der Waals surface area contributed by atoms with Crippen molar-refractivity contribution < 1.29 is 0 Å². The number of pyridine rings is 1. The number of hydrogen-bond donors (Lipinski definition) is 2. The smallest absolute Gasteiger partial charge is 0.150 e. The van der Waals surface area contributed by atoms with Gasteiger partial charge < -0.3 is 20.1 Å². The number of nitrogens with one attached hydrogen (secondary N) is 2. The Kier molecular flexibility index (Phi) is 7.24.